The van der Waals surface area contributed by atoms with Crippen LogP contribution in [0.5, 0.6) is 0 Å². The van der Waals surface area contributed by atoms with Crippen molar-refractivity contribution in [2.24, 2.45) is 5.41 Å². The molecule has 1 aromatic heterocycles. The molecule has 0 aliphatic heterocycles. The van der Waals surface area contributed by atoms with Crippen LogP contribution in [-0.4, -0.2) is 11.3 Å². The fourth-order valence-corrected chi connectivity index (χ4v) is 2.00. The number of aromatic nitrogens is 1. The van der Waals surface area contributed by atoms with Crippen LogP contribution >= 0.6 is 22.9 Å². The van der Waals surface area contributed by atoms with Gasteiger partial charge in [-0.3, -0.25) is 0 Å². The summed E-state index contributed by atoms with van der Waals surface area (Å²) in [5.74, 6) is 0. The average Bonchev–Trinajstić information content (AvgIpc) is 2.71. The first-order valence-corrected chi connectivity index (χ1v) is 5.06. The van der Waals surface area contributed by atoms with Crippen molar-refractivity contribution in [2.75, 3.05) is 0 Å². The predicted octanol–water partition coefficient (Wildman–Crippen LogP) is 2.32. The zero-order chi connectivity index (χ0) is 8.60. The van der Waals surface area contributed by atoms with Crippen molar-refractivity contribution >= 4 is 29.2 Å². The van der Waals surface area contributed by atoms with Crippen molar-refractivity contribution in [3.05, 3.63) is 15.5 Å². The van der Waals surface area contributed by atoms with Gasteiger partial charge in [-0.2, -0.15) is 0 Å². The number of thiazole rings is 1. The van der Waals surface area contributed by atoms with Crippen LogP contribution in [0.4, 0.5) is 0 Å². The minimum absolute atomic E-state index is 0.0859. The Kier molecular flexibility index (Phi) is 1.93. The third-order valence-electron chi connectivity index (χ3n) is 2.20. The van der Waals surface area contributed by atoms with E-state index < -0.39 is 0 Å². The van der Waals surface area contributed by atoms with E-state index in [1.54, 1.807) is 0 Å². The zero-order valence-electron chi connectivity index (χ0n) is 6.42. The predicted molar refractivity (Wildman–Crippen MR) is 48.6 cm³/mol. The molecule has 1 aliphatic rings. The molecule has 0 unspecified atom stereocenters. The fourth-order valence-electron chi connectivity index (χ4n) is 1.22. The van der Waals surface area contributed by atoms with Crippen molar-refractivity contribution in [3.63, 3.8) is 0 Å². The Balaban J connectivity index is 2.08. The molecule has 0 spiro atoms. The van der Waals surface area contributed by atoms with Crippen LogP contribution in [0.3, 0.4) is 0 Å². The summed E-state index contributed by atoms with van der Waals surface area (Å²) in [6.07, 6.45) is 3.83. The van der Waals surface area contributed by atoms with Crippen LogP contribution in [0, 0.1) is 5.41 Å². The molecule has 12 heavy (non-hydrogen) atoms. The Morgan fingerprint density at radius 2 is 2.50 bits per heavy atom. The molecule has 2 rings (SSSR count). The Morgan fingerprint density at radius 3 is 2.92 bits per heavy atom. The van der Waals surface area contributed by atoms with E-state index in [4.69, 9.17) is 11.6 Å². The summed E-state index contributed by atoms with van der Waals surface area (Å²) in [4.78, 5) is 14.8. The van der Waals surface area contributed by atoms with Crippen molar-refractivity contribution in [1.29, 1.82) is 0 Å². The topological polar surface area (TPSA) is 30.0 Å². The van der Waals surface area contributed by atoms with Gasteiger partial charge in [0.1, 0.15) is 6.29 Å². The summed E-state index contributed by atoms with van der Waals surface area (Å²) in [6, 6.07) is 0. The molecule has 1 aromatic rings. The second kappa shape index (κ2) is 2.82. The first kappa shape index (κ1) is 8.20. The summed E-state index contributed by atoms with van der Waals surface area (Å²) < 4.78 is 0.562. The van der Waals surface area contributed by atoms with E-state index in [2.05, 4.69) is 4.98 Å². The second-order valence-electron chi connectivity index (χ2n) is 3.25. The number of hydrogen-bond acceptors (Lipinski definition) is 3. The second-order valence-corrected chi connectivity index (χ2v) is 4.69. The van der Waals surface area contributed by atoms with Crippen molar-refractivity contribution in [1.82, 2.24) is 4.98 Å². The fraction of sp³-hybridized carbons (Fsp3) is 0.500. The van der Waals surface area contributed by atoms with Gasteiger partial charge in [0.2, 0.25) is 0 Å². The van der Waals surface area contributed by atoms with E-state index in [-0.39, 0.29) is 5.41 Å². The standard InChI is InChI=1S/C8H8ClNOS/c9-7-10-6(4-12-7)3-8(5-11)1-2-8/h4-5H,1-3H2. The van der Waals surface area contributed by atoms with Gasteiger partial charge >= 0.3 is 0 Å². The summed E-state index contributed by atoms with van der Waals surface area (Å²) in [5.41, 5.74) is 0.867. The maximum Gasteiger partial charge on any atom is 0.183 e. The first-order valence-electron chi connectivity index (χ1n) is 3.80. The van der Waals surface area contributed by atoms with Crippen LogP contribution in [-0.2, 0) is 11.2 Å². The van der Waals surface area contributed by atoms with Crippen LogP contribution < -0.4 is 0 Å². The minimum atomic E-state index is -0.0859. The van der Waals surface area contributed by atoms with Gasteiger partial charge in [0.15, 0.2) is 4.47 Å². The number of carbonyl (C=O) groups excluding carboxylic acids is 1. The number of hydrogen-bond donors (Lipinski definition) is 0. The lowest BCUT2D eigenvalue weighted by Gasteiger charge is -2.01. The highest BCUT2D eigenvalue weighted by Gasteiger charge is 2.42. The monoisotopic (exact) mass is 201 g/mol. The molecular weight excluding hydrogens is 194 g/mol. The number of rotatable bonds is 3. The van der Waals surface area contributed by atoms with Crippen molar-refractivity contribution in [3.8, 4) is 0 Å². The molecule has 0 aromatic carbocycles. The molecule has 0 atom stereocenters. The largest absolute Gasteiger partial charge is 0.303 e. The highest BCUT2D eigenvalue weighted by molar-refractivity contribution is 7.13. The van der Waals surface area contributed by atoms with Gasteiger partial charge in [0, 0.05) is 17.2 Å². The van der Waals surface area contributed by atoms with Gasteiger partial charge in [-0.05, 0) is 12.8 Å². The van der Waals surface area contributed by atoms with E-state index in [0.29, 0.717) is 4.47 Å². The molecule has 4 heteroatoms. The Labute approximate surface area is 79.6 Å². The summed E-state index contributed by atoms with van der Waals surface area (Å²) in [7, 11) is 0. The molecule has 1 aliphatic carbocycles. The van der Waals surface area contributed by atoms with E-state index in [1.807, 2.05) is 5.38 Å². The number of halogens is 1. The molecule has 2 nitrogen and oxygen atoms in total. The highest BCUT2D eigenvalue weighted by atomic mass is 35.5. The molecular formula is C8H8ClNOS. The average molecular weight is 202 g/mol. The maximum atomic E-state index is 10.6. The normalized spacial score (nSPS) is 19.1. The zero-order valence-corrected chi connectivity index (χ0v) is 7.99. The van der Waals surface area contributed by atoms with Gasteiger partial charge in [-0.15, -0.1) is 11.3 Å². The van der Waals surface area contributed by atoms with E-state index >= 15 is 0 Å². The van der Waals surface area contributed by atoms with E-state index in [0.717, 1.165) is 31.2 Å². The molecule has 0 amide bonds. The smallest absolute Gasteiger partial charge is 0.183 e. The first-order chi connectivity index (χ1) is 5.74. The Bertz CT molecular complexity index is 306. The van der Waals surface area contributed by atoms with Gasteiger partial charge in [-0.1, -0.05) is 11.6 Å². The molecule has 0 bridgehead atoms. The number of aldehydes is 1. The summed E-state index contributed by atoms with van der Waals surface area (Å²) in [5, 5.41) is 1.92. The number of nitrogens with zero attached hydrogens (tertiary/aromatic N) is 1. The molecule has 0 N–H and O–H groups in total. The molecule has 0 saturated heterocycles. The SMILES string of the molecule is O=CC1(Cc2csc(Cl)n2)CC1. The molecule has 64 valence electrons. The molecule has 1 fully saturated rings. The Hall–Kier alpha value is -0.410. The Morgan fingerprint density at radius 1 is 1.75 bits per heavy atom. The van der Waals surface area contributed by atoms with E-state index in [1.165, 1.54) is 11.3 Å². The van der Waals surface area contributed by atoms with Gasteiger partial charge in [0.05, 0.1) is 5.69 Å². The third kappa shape index (κ3) is 1.52. The summed E-state index contributed by atoms with van der Waals surface area (Å²) >= 11 is 7.09. The highest BCUT2D eigenvalue weighted by Crippen LogP contribution is 2.46. The van der Waals surface area contributed by atoms with Crippen LogP contribution in [0.2, 0.25) is 4.47 Å². The lowest BCUT2D eigenvalue weighted by atomic mass is 10.0. The number of carbonyl (C=O) groups is 1. The lowest BCUT2D eigenvalue weighted by molar-refractivity contribution is -0.112. The maximum absolute atomic E-state index is 10.6. The molecule has 1 saturated carbocycles. The van der Waals surface area contributed by atoms with Crippen LogP contribution in [0.25, 0.3) is 0 Å². The third-order valence-corrected chi connectivity index (χ3v) is 3.23. The van der Waals surface area contributed by atoms with Crippen molar-refractivity contribution in [2.45, 2.75) is 19.3 Å². The van der Waals surface area contributed by atoms with Gasteiger partial charge < -0.3 is 4.79 Å². The summed E-state index contributed by atoms with van der Waals surface area (Å²) in [6.45, 7) is 0. The molecule has 1 heterocycles. The van der Waals surface area contributed by atoms with Gasteiger partial charge in [0.25, 0.3) is 0 Å². The van der Waals surface area contributed by atoms with Crippen LogP contribution in [0.15, 0.2) is 5.38 Å². The van der Waals surface area contributed by atoms with Gasteiger partial charge in [-0.25, -0.2) is 4.98 Å². The quantitative estimate of drug-likeness (QED) is 0.703. The van der Waals surface area contributed by atoms with E-state index in [9.17, 15) is 4.79 Å². The van der Waals surface area contributed by atoms with Crippen molar-refractivity contribution < 1.29 is 4.79 Å². The minimum Gasteiger partial charge on any atom is -0.303 e. The molecule has 0 radical (unpaired) electrons. The van der Waals surface area contributed by atoms with Crippen LogP contribution in [0.1, 0.15) is 18.5 Å². The lowest BCUT2D eigenvalue weighted by Crippen LogP contribution is -2.06.